The van der Waals surface area contributed by atoms with E-state index in [1.54, 1.807) is 0 Å². The Balaban J connectivity index is 2.15. The van der Waals surface area contributed by atoms with Crippen molar-refractivity contribution in [1.82, 2.24) is 10.3 Å². The van der Waals surface area contributed by atoms with E-state index in [0.29, 0.717) is 13.0 Å². The van der Waals surface area contributed by atoms with Gasteiger partial charge in [0.05, 0.1) is 6.42 Å². The van der Waals surface area contributed by atoms with E-state index in [0.717, 1.165) is 16.5 Å². The summed E-state index contributed by atoms with van der Waals surface area (Å²) < 4.78 is 0. The van der Waals surface area contributed by atoms with Gasteiger partial charge in [-0.15, -0.1) is 0 Å². The van der Waals surface area contributed by atoms with E-state index in [4.69, 9.17) is 5.73 Å². The summed E-state index contributed by atoms with van der Waals surface area (Å²) in [6.07, 6.45) is 2.28. The van der Waals surface area contributed by atoms with Crippen LogP contribution < -0.4 is 11.1 Å². The molecule has 0 saturated carbocycles. The quantitative estimate of drug-likeness (QED) is 0.763. The van der Waals surface area contributed by atoms with E-state index < -0.39 is 0 Å². The van der Waals surface area contributed by atoms with Gasteiger partial charge in [0.1, 0.15) is 0 Å². The van der Waals surface area contributed by atoms with E-state index in [-0.39, 0.29) is 11.9 Å². The maximum Gasteiger partial charge on any atom is 0.224 e. The van der Waals surface area contributed by atoms with Gasteiger partial charge in [0, 0.05) is 29.7 Å². The van der Waals surface area contributed by atoms with Gasteiger partial charge in [0.2, 0.25) is 5.91 Å². The largest absolute Gasteiger partial charge is 0.361 e. The van der Waals surface area contributed by atoms with Crippen LogP contribution in [0, 0.1) is 6.92 Å². The Bertz CT molecular complexity index is 559. The molecule has 4 nitrogen and oxygen atoms in total. The number of carbonyl (C=O) groups is 1. The summed E-state index contributed by atoms with van der Waals surface area (Å²) in [6.45, 7) is 4.41. The molecule has 0 aliphatic rings. The molecule has 0 aliphatic heterocycles. The lowest BCUT2D eigenvalue weighted by molar-refractivity contribution is -0.120. The Morgan fingerprint density at radius 1 is 1.50 bits per heavy atom. The molecule has 0 bridgehead atoms. The van der Waals surface area contributed by atoms with Gasteiger partial charge < -0.3 is 16.0 Å². The Morgan fingerprint density at radius 3 is 3.00 bits per heavy atom. The van der Waals surface area contributed by atoms with Gasteiger partial charge in [-0.1, -0.05) is 12.1 Å². The second-order valence-corrected chi connectivity index (χ2v) is 4.74. The fraction of sp³-hybridized carbons (Fsp3) is 0.357. The number of aromatic amines is 1. The summed E-state index contributed by atoms with van der Waals surface area (Å²) in [6, 6.07) is 6.21. The van der Waals surface area contributed by atoms with Crippen LogP contribution in [0.15, 0.2) is 24.4 Å². The lowest BCUT2D eigenvalue weighted by atomic mass is 10.1. The molecule has 1 atom stereocenters. The van der Waals surface area contributed by atoms with Crippen molar-refractivity contribution < 1.29 is 4.79 Å². The zero-order chi connectivity index (χ0) is 13.1. The van der Waals surface area contributed by atoms with Crippen molar-refractivity contribution in [3.8, 4) is 0 Å². The molecule has 0 fully saturated rings. The number of hydrogen-bond acceptors (Lipinski definition) is 2. The van der Waals surface area contributed by atoms with Crippen LogP contribution in [-0.2, 0) is 11.2 Å². The summed E-state index contributed by atoms with van der Waals surface area (Å²) in [4.78, 5) is 15.0. The Hall–Kier alpha value is -1.81. The molecule has 2 aromatic rings. The molecule has 18 heavy (non-hydrogen) atoms. The van der Waals surface area contributed by atoms with Gasteiger partial charge in [-0.25, -0.2) is 0 Å². The van der Waals surface area contributed by atoms with Gasteiger partial charge in [-0.3, -0.25) is 4.79 Å². The van der Waals surface area contributed by atoms with Gasteiger partial charge >= 0.3 is 0 Å². The van der Waals surface area contributed by atoms with Crippen LogP contribution in [0.2, 0.25) is 0 Å². The van der Waals surface area contributed by atoms with E-state index in [9.17, 15) is 4.79 Å². The number of nitrogens with two attached hydrogens (primary N) is 1. The number of aryl methyl sites for hydroxylation is 1. The molecule has 4 heteroatoms. The zero-order valence-electron chi connectivity index (χ0n) is 10.8. The average Bonchev–Trinajstić information content (AvgIpc) is 2.71. The molecule has 96 valence electrons. The first-order chi connectivity index (χ1) is 8.60. The summed E-state index contributed by atoms with van der Waals surface area (Å²) >= 11 is 0. The summed E-state index contributed by atoms with van der Waals surface area (Å²) in [5.41, 5.74) is 8.78. The SMILES string of the molecule is Cc1ccc2c(CC(=O)NC(C)CN)c[nH]c2c1. The first-order valence-electron chi connectivity index (χ1n) is 6.16. The monoisotopic (exact) mass is 245 g/mol. The molecule has 0 spiro atoms. The highest BCUT2D eigenvalue weighted by Crippen LogP contribution is 2.19. The highest BCUT2D eigenvalue weighted by molar-refractivity contribution is 5.89. The Labute approximate surface area is 107 Å². The highest BCUT2D eigenvalue weighted by Gasteiger charge is 2.10. The maximum atomic E-state index is 11.8. The van der Waals surface area contributed by atoms with Crippen LogP contribution >= 0.6 is 0 Å². The standard InChI is InChI=1S/C14H19N3O/c1-9-3-4-12-11(8-16-13(12)5-9)6-14(18)17-10(2)7-15/h3-5,8,10,16H,6-7,15H2,1-2H3,(H,17,18). The first-order valence-corrected chi connectivity index (χ1v) is 6.16. The fourth-order valence-electron chi connectivity index (χ4n) is 2.00. The van der Waals surface area contributed by atoms with Gasteiger partial charge in [0.15, 0.2) is 0 Å². The number of aromatic nitrogens is 1. The van der Waals surface area contributed by atoms with Crippen LogP contribution in [-0.4, -0.2) is 23.5 Å². The summed E-state index contributed by atoms with van der Waals surface area (Å²) in [7, 11) is 0. The Kier molecular flexibility index (Phi) is 3.67. The van der Waals surface area contributed by atoms with Crippen LogP contribution in [0.4, 0.5) is 0 Å². The number of H-pyrrole nitrogens is 1. The Morgan fingerprint density at radius 2 is 2.28 bits per heavy atom. The molecule has 0 radical (unpaired) electrons. The molecular weight excluding hydrogens is 226 g/mol. The average molecular weight is 245 g/mol. The van der Waals surface area contributed by atoms with Gasteiger partial charge in [-0.05, 0) is 31.0 Å². The zero-order valence-corrected chi connectivity index (χ0v) is 10.8. The van der Waals surface area contributed by atoms with Gasteiger partial charge in [-0.2, -0.15) is 0 Å². The minimum atomic E-state index is 0.00873. The van der Waals surface area contributed by atoms with Gasteiger partial charge in [0.25, 0.3) is 0 Å². The topological polar surface area (TPSA) is 70.9 Å². The molecule has 2 rings (SSSR count). The molecule has 1 amide bonds. The molecule has 1 aromatic heterocycles. The predicted molar refractivity (Wildman–Crippen MR) is 73.4 cm³/mol. The lowest BCUT2D eigenvalue weighted by Crippen LogP contribution is -2.38. The van der Waals surface area contributed by atoms with E-state index in [1.807, 2.05) is 13.1 Å². The fourth-order valence-corrected chi connectivity index (χ4v) is 2.00. The smallest absolute Gasteiger partial charge is 0.224 e. The second kappa shape index (κ2) is 5.23. The molecule has 0 saturated heterocycles. The number of fused-ring (bicyclic) bond motifs is 1. The third kappa shape index (κ3) is 2.71. The third-order valence-corrected chi connectivity index (χ3v) is 3.03. The van der Waals surface area contributed by atoms with Crippen molar-refractivity contribution in [1.29, 1.82) is 0 Å². The molecule has 4 N–H and O–H groups in total. The molecule has 1 aromatic carbocycles. The minimum absolute atomic E-state index is 0.00873. The van der Waals surface area contributed by atoms with Crippen LogP contribution in [0.25, 0.3) is 10.9 Å². The second-order valence-electron chi connectivity index (χ2n) is 4.74. The third-order valence-electron chi connectivity index (χ3n) is 3.03. The highest BCUT2D eigenvalue weighted by atomic mass is 16.1. The predicted octanol–water partition coefficient (Wildman–Crippen LogP) is 1.48. The normalized spacial score (nSPS) is 12.6. The number of carbonyl (C=O) groups excluding carboxylic acids is 1. The molecule has 1 heterocycles. The first kappa shape index (κ1) is 12.6. The number of benzene rings is 1. The van der Waals surface area contributed by atoms with Crippen LogP contribution in [0.5, 0.6) is 0 Å². The van der Waals surface area contributed by atoms with E-state index >= 15 is 0 Å². The van der Waals surface area contributed by atoms with Crippen molar-refractivity contribution in [2.45, 2.75) is 26.3 Å². The molecular formula is C14H19N3O. The minimum Gasteiger partial charge on any atom is -0.361 e. The van der Waals surface area contributed by atoms with Crippen LogP contribution in [0.3, 0.4) is 0 Å². The molecule has 0 aliphatic carbocycles. The summed E-state index contributed by atoms with van der Waals surface area (Å²) in [5.74, 6) is 0.00873. The van der Waals surface area contributed by atoms with Crippen molar-refractivity contribution in [2.24, 2.45) is 5.73 Å². The lowest BCUT2D eigenvalue weighted by Gasteiger charge is -2.10. The van der Waals surface area contributed by atoms with Crippen molar-refractivity contribution in [3.63, 3.8) is 0 Å². The molecule has 1 unspecified atom stereocenters. The number of amides is 1. The van der Waals surface area contributed by atoms with Crippen LogP contribution in [0.1, 0.15) is 18.1 Å². The van der Waals surface area contributed by atoms with E-state index in [2.05, 4.69) is 35.4 Å². The number of hydrogen-bond donors (Lipinski definition) is 3. The maximum absolute atomic E-state index is 11.8. The number of rotatable bonds is 4. The van der Waals surface area contributed by atoms with Crippen molar-refractivity contribution >= 4 is 16.8 Å². The number of nitrogens with one attached hydrogen (secondary N) is 2. The van der Waals surface area contributed by atoms with Crippen molar-refractivity contribution in [3.05, 3.63) is 35.5 Å². The summed E-state index contributed by atoms with van der Waals surface area (Å²) in [5, 5.41) is 3.97. The van der Waals surface area contributed by atoms with E-state index in [1.165, 1.54) is 5.56 Å². The van der Waals surface area contributed by atoms with Crippen molar-refractivity contribution in [2.75, 3.05) is 6.54 Å².